The van der Waals surface area contributed by atoms with Gasteiger partial charge in [-0.3, -0.25) is 0 Å². The van der Waals surface area contributed by atoms with E-state index in [1.165, 1.54) is 21.6 Å². The predicted octanol–water partition coefficient (Wildman–Crippen LogP) is 5.78. The molecule has 32 heavy (non-hydrogen) atoms. The first-order valence-corrected chi connectivity index (χ1v) is 12.4. The topological polar surface area (TPSA) is 15.7 Å². The van der Waals surface area contributed by atoms with Gasteiger partial charge in [0.05, 0.1) is 6.42 Å². The second kappa shape index (κ2) is 10.1. The van der Waals surface area contributed by atoms with E-state index in [-0.39, 0.29) is 12.6 Å². The third-order valence-electron chi connectivity index (χ3n) is 6.49. The SMILES string of the molecule is CSc1ccc(C2CN(C)Cc3cc(OC4CCN(CCC(F)(F)F)CC4)ccc32)cc1. The number of rotatable bonds is 6. The number of nitrogens with zero attached hydrogens (tertiary/aromatic N) is 2. The Morgan fingerprint density at radius 3 is 2.44 bits per heavy atom. The average Bonchev–Trinajstić information content (AvgIpc) is 2.77. The zero-order chi connectivity index (χ0) is 22.7. The minimum Gasteiger partial charge on any atom is -0.490 e. The van der Waals surface area contributed by atoms with Crippen molar-refractivity contribution in [2.75, 3.05) is 39.5 Å². The van der Waals surface area contributed by atoms with Crippen LogP contribution in [0.5, 0.6) is 5.75 Å². The maximum atomic E-state index is 12.5. The Bertz CT molecular complexity index is 895. The van der Waals surface area contributed by atoms with Crippen LogP contribution >= 0.6 is 11.8 Å². The van der Waals surface area contributed by atoms with Crippen LogP contribution in [0.1, 0.15) is 41.9 Å². The monoisotopic (exact) mass is 464 g/mol. The summed E-state index contributed by atoms with van der Waals surface area (Å²) in [6.07, 6.45) is -1.15. The van der Waals surface area contributed by atoms with Crippen molar-refractivity contribution in [3.63, 3.8) is 0 Å². The molecule has 1 saturated heterocycles. The molecular weight excluding hydrogens is 433 g/mol. The van der Waals surface area contributed by atoms with Gasteiger partial charge < -0.3 is 14.5 Å². The van der Waals surface area contributed by atoms with Crippen LogP contribution in [0, 0.1) is 0 Å². The van der Waals surface area contributed by atoms with Gasteiger partial charge >= 0.3 is 6.18 Å². The van der Waals surface area contributed by atoms with Crippen molar-refractivity contribution in [1.29, 1.82) is 0 Å². The number of alkyl halides is 3. The Labute approximate surface area is 192 Å². The molecule has 0 radical (unpaired) electrons. The first-order chi connectivity index (χ1) is 15.3. The number of hydrogen-bond acceptors (Lipinski definition) is 4. The van der Waals surface area contributed by atoms with E-state index in [4.69, 9.17) is 4.74 Å². The summed E-state index contributed by atoms with van der Waals surface area (Å²) in [6, 6.07) is 15.3. The molecule has 0 aromatic heterocycles. The molecule has 2 aliphatic rings. The summed E-state index contributed by atoms with van der Waals surface area (Å²) in [7, 11) is 2.15. The first-order valence-electron chi connectivity index (χ1n) is 11.2. The van der Waals surface area contributed by atoms with Crippen molar-refractivity contribution in [3.8, 4) is 5.75 Å². The Kier molecular flexibility index (Phi) is 7.37. The molecule has 1 fully saturated rings. The fourth-order valence-corrected chi connectivity index (χ4v) is 5.16. The third kappa shape index (κ3) is 6.00. The van der Waals surface area contributed by atoms with Crippen molar-refractivity contribution in [2.24, 2.45) is 0 Å². The van der Waals surface area contributed by atoms with E-state index in [0.717, 1.165) is 31.7 Å². The van der Waals surface area contributed by atoms with E-state index in [0.29, 0.717) is 19.0 Å². The molecule has 1 atom stereocenters. The fraction of sp³-hybridized carbons (Fsp3) is 0.520. The molecule has 0 bridgehead atoms. The summed E-state index contributed by atoms with van der Waals surface area (Å²) in [5.74, 6) is 1.20. The van der Waals surface area contributed by atoms with E-state index in [2.05, 4.69) is 60.7 Å². The van der Waals surface area contributed by atoms with Crippen molar-refractivity contribution in [2.45, 2.75) is 48.9 Å². The Balaban J connectivity index is 1.39. The standard InChI is InChI=1S/C25H31F3N2OS/c1-29-16-19-15-21(31-20-9-12-30(13-10-20)14-11-25(26,27)28)5-8-23(19)24(17-29)18-3-6-22(32-2)7-4-18/h3-8,15,20,24H,9-14,16-17H2,1-2H3. The Morgan fingerprint density at radius 1 is 1.06 bits per heavy atom. The first kappa shape index (κ1) is 23.5. The lowest BCUT2D eigenvalue weighted by atomic mass is 9.85. The van der Waals surface area contributed by atoms with Crippen molar-refractivity contribution < 1.29 is 17.9 Å². The predicted molar refractivity (Wildman–Crippen MR) is 124 cm³/mol. The number of benzene rings is 2. The van der Waals surface area contributed by atoms with E-state index in [1.807, 2.05) is 4.90 Å². The highest BCUT2D eigenvalue weighted by atomic mass is 32.2. The number of ether oxygens (including phenoxy) is 1. The number of fused-ring (bicyclic) bond motifs is 1. The van der Waals surface area contributed by atoms with Gasteiger partial charge in [-0.15, -0.1) is 11.8 Å². The number of piperidine rings is 1. The number of likely N-dealkylation sites (tertiary alicyclic amines) is 1. The molecule has 3 nitrogen and oxygen atoms in total. The van der Waals surface area contributed by atoms with Gasteiger partial charge in [-0.25, -0.2) is 0 Å². The summed E-state index contributed by atoms with van der Waals surface area (Å²) in [4.78, 5) is 5.51. The maximum absolute atomic E-state index is 12.5. The van der Waals surface area contributed by atoms with Crippen LogP contribution in [0.4, 0.5) is 13.2 Å². The quantitative estimate of drug-likeness (QED) is 0.503. The van der Waals surface area contributed by atoms with Gasteiger partial charge in [0.15, 0.2) is 0 Å². The van der Waals surface area contributed by atoms with Crippen LogP contribution in [0.3, 0.4) is 0 Å². The van der Waals surface area contributed by atoms with Gasteiger partial charge in [0.25, 0.3) is 0 Å². The van der Waals surface area contributed by atoms with Gasteiger partial charge in [0.2, 0.25) is 0 Å². The number of thioether (sulfide) groups is 1. The number of likely N-dealkylation sites (N-methyl/N-ethyl adjacent to an activating group) is 1. The molecule has 0 saturated carbocycles. The van der Waals surface area contributed by atoms with Gasteiger partial charge in [0.1, 0.15) is 11.9 Å². The molecule has 0 N–H and O–H groups in total. The molecule has 2 aromatic rings. The Morgan fingerprint density at radius 2 is 1.78 bits per heavy atom. The highest BCUT2D eigenvalue weighted by Crippen LogP contribution is 2.36. The number of halogens is 3. The molecule has 1 unspecified atom stereocenters. The Hall–Kier alpha value is -1.70. The maximum Gasteiger partial charge on any atom is 0.390 e. The largest absolute Gasteiger partial charge is 0.490 e. The van der Waals surface area contributed by atoms with E-state index in [9.17, 15) is 13.2 Å². The highest BCUT2D eigenvalue weighted by Gasteiger charge is 2.30. The average molecular weight is 465 g/mol. The second-order valence-electron chi connectivity index (χ2n) is 8.91. The van der Waals surface area contributed by atoms with Crippen molar-refractivity contribution >= 4 is 11.8 Å². The summed E-state index contributed by atoms with van der Waals surface area (Å²) < 4.78 is 43.6. The molecule has 4 rings (SSSR count). The van der Waals surface area contributed by atoms with Gasteiger partial charge in [-0.05, 0) is 67.1 Å². The van der Waals surface area contributed by atoms with Crippen molar-refractivity contribution in [3.05, 3.63) is 59.2 Å². The van der Waals surface area contributed by atoms with Gasteiger partial charge in [-0.1, -0.05) is 18.2 Å². The summed E-state index contributed by atoms with van der Waals surface area (Å²) >= 11 is 1.75. The zero-order valence-corrected chi connectivity index (χ0v) is 19.5. The van der Waals surface area contributed by atoms with Crippen LogP contribution in [0.15, 0.2) is 47.4 Å². The lowest BCUT2D eigenvalue weighted by Gasteiger charge is -2.34. The van der Waals surface area contributed by atoms with Gasteiger partial charge in [0, 0.05) is 43.5 Å². The number of hydrogen-bond donors (Lipinski definition) is 0. The molecule has 2 heterocycles. The molecule has 7 heteroatoms. The lowest BCUT2D eigenvalue weighted by molar-refractivity contribution is -0.138. The zero-order valence-electron chi connectivity index (χ0n) is 18.7. The van der Waals surface area contributed by atoms with Crippen LogP contribution in [0.25, 0.3) is 0 Å². The third-order valence-corrected chi connectivity index (χ3v) is 7.23. The minimum absolute atomic E-state index is 0.0615. The summed E-state index contributed by atoms with van der Waals surface area (Å²) in [5, 5.41) is 0. The van der Waals surface area contributed by atoms with Gasteiger partial charge in [-0.2, -0.15) is 13.2 Å². The van der Waals surface area contributed by atoms with Crippen molar-refractivity contribution in [1.82, 2.24) is 9.80 Å². The lowest BCUT2D eigenvalue weighted by Crippen LogP contribution is -2.39. The molecule has 0 spiro atoms. The normalized spacial score (nSPS) is 20.8. The second-order valence-corrected chi connectivity index (χ2v) is 9.79. The summed E-state index contributed by atoms with van der Waals surface area (Å²) in [5.41, 5.74) is 3.97. The fourth-order valence-electron chi connectivity index (χ4n) is 4.75. The summed E-state index contributed by atoms with van der Waals surface area (Å²) in [6.45, 7) is 3.27. The smallest absolute Gasteiger partial charge is 0.390 e. The minimum atomic E-state index is -4.08. The van der Waals surface area contributed by atoms with E-state index in [1.54, 1.807) is 11.8 Å². The van der Waals surface area contributed by atoms with Crippen LogP contribution < -0.4 is 4.74 Å². The van der Waals surface area contributed by atoms with Crippen LogP contribution in [-0.2, 0) is 6.54 Å². The molecular formula is C25H31F3N2OS. The van der Waals surface area contributed by atoms with Crippen LogP contribution in [0.2, 0.25) is 0 Å². The molecule has 0 amide bonds. The molecule has 2 aromatic carbocycles. The highest BCUT2D eigenvalue weighted by molar-refractivity contribution is 7.98. The molecule has 0 aliphatic carbocycles. The van der Waals surface area contributed by atoms with E-state index >= 15 is 0 Å². The molecule has 174 valence electrons. The van der Waals surface area contributed by atoms with E-state index < -0.39 is 12.6 Å². The molecule has 2 aliphatic heterocycles. The van der Waals surface area contributed by atoms with Crippen LogP contribution in [-0.4, -0.2) is 61.6 Å².